The normalized spacial score (nSPS) is 16.9. The average molecular weight is 333 g/mol. The molecule has 100 valence electrons. The van der Waals surface area contributed by atoms with Crippen molar-refractivity contribution >= 4 is 26.0 Å². The summed E-state index contributed by atoms with van der Waals surface area (Å²) in [5.41, 5.74) is 1.04. The van der Waals surface area contributed by atoms with Crippen LogP contribution in [0.4, 0.5) is 0 Å². The Kier molecular flexibility index (Phi) is 4.11. The molecule has 1 saturated heterocycles. The van der Waals surface area contributed by atoms with Gasteiger partial charge in [-0.25, -0.2) is 8.42 Å². The van der Waals surface area contributed by atoms with Gasteiger partial charge < -0.3 is 5.32 Å². The molecule has 0 bridgehead atoms. The molecule has 6 heteroatoms. The van der Waals surface area contributed by atoms with E-state index in [9.17, 15) is 8.42 Å². The van der Waals surface area contributed by atoms with Crippen molar-refractivity contribution in [3.05, 3.63) is 28.2 Å². The molecule has 0 spiro atoms. The molecule has 1 aliphatic rings. The molecular formula is C12H17BrN2O2S. The predicted molar refractivity (Wildman–Crippen MR) is 75.1 cm³/mol. The summed E-state index contributed by atoms with van der Waals surface area (Å²) in [5, 5.41) is 3.11. The molecule has 4 nitrogen and oxygen atoms in total. The van der Waals surface area contributed by atoms with Gasteiger partial charge in [0.05, 0.1) is 4.90 Å². The van der Waals surface area contributed by atoms with Crippen LogP contribution >= 0.6 is 15.9 Å². The van der Waals surface area contributed by atoms with Gasteiger partial charge in [0.2, 0.25) is 10.0 Å². The maximum absolute atomic E-state index is 12.6. The molecule has 18 heavy (non-hydrogen) atoms. The molecule has 0 atom stereocenters. The Hall–Kier alpha value is -0.430. The minimum absolute atomic E-state index is 0.0770. The topological polar surface area (TPSA) is 49.4 Å². The maximum atomic E-state index is 12.6. The Morgan fingerprint density at radius 3 is 2.56 bits per heavy atom. The number of nitrogens with one attached hydrogen (secondary N) is 1. The summed E-state index contributed by atoms with van der Waals surface area (Å²) < 4.78 is 27.4. The van der Waals surface area contributed by atoms with E-state index in [4.69, 9.17) is 0 Å². The first-order chi connectivity index (χ1) is 8.46. The van der Waals surface area contributed by atoms with Crippen LogP contribution in [0.3, 0.4) is 0 Å². The SMILES string of the molecule is CCN(C1CNC1)S(=O)(=O)c1ccc(C)cc1Br. The summed E-state index contributed by atoms with van der Waals surface area (Å²) in [5.74, 6) is 0. The average Bonchev–Trinajstić information content (AvgIpc) is 2.22. The van der Waals surface area contributed by atoms with Crippen molar-refractivity contribution in [3.8, 4) is 0 Å². The fraction of sp³-hybridized carbons (Fsp3) is 0.500. The van der Waals surface area contributed by atoms with Crippen LogP contribution in [-0.4, -0.2) is 38.4 Å². The van der Waals surface area contributed by atoms with Gasteiger partial charge in [0.1, 0.15) is 0 Å². The monoisotopic (exact) mass is 332 g/mol. The van der Waals surface area contributed by atoms with Crippen LogP contribution in [0, 0.1) is 6.92 Å². The second-order valence-corrected chi connectivity index (χ2v) is 7.17. The number of halogens is 1. The van der Waals surface area contributed by atoms with Gasteiger partial charge in [-0.3, -0.25) is 0 Å². The minimum Gasteiger partial charge on any atom is -0.313 e. The molecule has 0 aromatic heterocycles. The Labute approximate surface area is 117 Å². The molecule has 0 unspecified atom stereocenters. The number of hydrogen-bond acceptors (Lipinski definition) is 3. The van der Waals surface area contributed by atoms with E-state index >= 15 is 0 Å². The van der Waals surface area contributed by atoms with Gasteiger partial charge in [0.15, 0.2) is 0 Å². The molecule has 1 aromatic rings. The van der Waals surface area contributed by atoms with Crippen molar-refractivity contribution in [2.24, 2.45) is 0 Å². The molecule has 0 aliphatic carbocycles. The van der Waals surface area contributed by atoms with Crippen molar-refractivity contribution in [2.45, 2.75) is 24.8 Å². The van der Waals surface area contributed by atoms with E-state index < -0.39 is 10.0 Å². The van der Waals surface area contributed by atoms with Crippen molar-refractivity contribution in [2.75, 3.05) is 19.6 Å². The van der Waals surface area contributed by atoms with E-state index in [0.717, 1.165) is 18.7 Å². The van der Waals surface area contributed by atoms with Crippen molar-refractivity contribution in [1.29, 1.82) is 0 Å². The van der Waals surface area contributed by atoms with Crippen LogP contribution in [0.5, 0.6) is 0 Å². The van der Waals surface area contributed by atoms with Crippen LogP contribution in [0.25, 0.3) is 0 Å². The van der Waals surface area contributed by atoms with Crippen molar-refractivity contribution in [3.63, 3.8) is 0 Å². The number of benzene rings is 1. The lowest BCUT2D eigenvalue weighted by molar-refractivity contribution is 0.249. The summed E-state index contributed by atoms with van der Waals surface area (Å²) in [6.07, 6.45) is 0. The van der Waals surface area contributed by atoms with Gasteiger partial charge in [-0.2, -0.15) is 4.31 Å². The van der Waals surface area contributed by atoms with Gasteiger partial charge in [0.25, 0.3) is 0 Å². The molecule has 0 radical (unpaired) electrons. The second-order valence-electron chi connectivity index (χ2n) is 4.45. The predicted octanol–water partition coefficient (Wildman–Crippen LogP) is 1.74. The van der Waals surface area contributed by atoms with Gasteiger partial charge >= 0.3 is 0 Å². The largest absolute Gasteiger partial charge is 0.313 e. The highest BCUT2D eigenvalue weighted by atomic mass is 79.9. The molecule has 1 aliphatic heterocycles. The molecule has 2 rings (SSSR count). The van der Waals surface area contributed by atoms with Crippen molar-refractivity contribution in [1.82, 2.24) is 9.62 Å². The molecule has 0 amide bonds. The zero-order valence-electron chi connectivity index (χ0n) is 10.5. The number of nitrogens with zero attached hydrogens (tertiary/aromatic N) is 1. The number of aryl methyl sites for hydroxylation is 1. The fourth-order valence-electron chi connectivity index (χ4n) is 2.04. The number of likely N-dealkylation sites (N-methyl/N-ethyl adjacent to an activating group) is 1. The molecular weight excluding hydrogens is 316 g/mol. The van der Waals surface area contributed by atoms with Crippen LogP contribution in [0.15, 0.2) is 27.6 Å². The molecule has 0 saturated carbocycles. The Morgan fingerprint density at radius 2 is 2.11 bits per heavy atom. The molecule has 1 N–H and O–H groups in total. The lowest BCUT2D eigenvalue weighted by atomic mass is 10.2. The minimum atomic E-state index is -3.41. The van der Waals surface area contributed by atoms with E-state index in [-0.39, 0.29) is 6.04 Å². The lowest BCUT2D eigenvalue weighted by Gasteiger charge is -2.36. The fourth-order valence-corrected chi connectivity index (χ4v) is 4.83. The van der Waals surface area contributed by atoms with E-state index in [1.165, 1.54) is 0 Å². The van der Waals surface area contributed by atoms with Gasteiger partial charge in [-0.05, 0) is 40.5 Å². The highest BCUT2D eigenvalue weighted by Crippen LogP contribution is 2.27. The Bertz CT molecular complexity index is 541. The summed E-state index contributed by atoms with van der Waals surface area (Å²) in [7, 11) is -3.41. The highest BCUT2D eigenvalue weighted by molar-refractivity contribution is 9.10. The van der Waals surface area contributed by atoms with Gasteiger partial charge in [-0.15, -0.1) is 0 Å². The first-order valence-corrected chi connectivity index (χ1v) is 8.19. The van der Waals surface area contributed by atoms with E-state index in [0.29, 0.717) is 15.9 Å². The van der Waals surface area contributed by atoms with E-state index in [1.54, 1.807) is 10.4 Å². The quantitative estimate of drug-likeness (QED) is 0.913. The zero-order valence-corrected chi connectivity index (χ0v) is 12.9. The van der Waals surface area contributed by atoms with Crippen LogP contribution in [0.2, 0.25) is 0 Å². The summed E-state index contributed by atoms with van der Waals surface area (Å²) in [4.78, 5) is 0.349. The summed E-state index contributed by atoms with van der Waals surface area (Å²) in [6, 6.07) is 5.40. The Morgan fingerprint density at radius 1 is 1.44 bits per heavy atom. The lowest BCUT2D eigenvalue weighted by Crippen LogP contribution is -2.58. The van der Waals surface area contributed by atoms with Gasteiger partial charge in [-0.1, -0.05) is 13.0 Å². The van der Waals surface area contributed by atoms with E-state index in [2.05, 4.69) is 21.2 Å². The third-order valence-corrected chi connectivity index (χ3v) is 6.16. The van der Waals surface area contributed by atoms with Crippen LogP contribution < -0.4 is 5.32 Å². The third kappa shape index (κ3) is 2.47. The van der Waals surface area contributed by atoms with Crippen LogP contribution in [-0.2, 0) is 10.0 Å². The Balaban J connectivity index is 2.39. The maximum Gasteiger partial charge on any atom is 0.244 e. The molecule has 1 aromatic carbocycles. The first kappa shape index (κ1) is 14.0. The third-order valence-electron chi connectivity index (χ3n) is 3.15. The summed E-state index contributed by atoms with van der Waals surface area (Å²) in [6.45, 7) is 5.77. The van der Waals surface area contributed by atoms with E-state index in [1.807, 2.05) is 26.0 Å². The number of hydrogen-bond donors (Lipinski definition) is 1. The second kappa shape index (κ2) is 5.28. The van der Waals surface area contributed by atoms with Crippen LogP contribution in [0.1, 0.15) is 12.5 Å². The summed E-state index contributed by atoms with van der Waals surface area (Å²) >= 11 is 3.35. The van der Waals surface area contributed by atoms with Gasteiger partial charge in [0, 0.05) is 30.1 Å². The number of rotatable bonds is 4. The highest BCUT2D eigenvalue weighted by Gasteiger charge is 2.34. The molecule has 1 heterocycles. The number of sulfonamides is 1. The molecule has 1 fully saturated rings. The first-order valence-electron chi connectivity index (χ1n) is 5.95. The zero-order chi connectivity index (χ0) is 13.3. The standard InChI is InChI=1S/C12H17BrN2O2S/c1-3-15(10-7-14-8-10)18(16,17)12-5-4-9(2)6-11(12)13/h4-6,10,14H,3,7-8H2,1-2H3. The smallest absolute Gasteiger partial charge is 0.244 e. The van der Waals surface area contributed by atoms with Crippen molar-refractivity contribution < 1.29 is 8.42 Å².